The largest absolute Gasteiger partial charge is 0.491 e. The minimum absolute atomic E-state index is 0.0623. The highest BCUT2D eigenvalue weighted by Crippen LogP contribution is 2.40. The number of hydrogen-bond acceptors (Lipinski definition) is 3. The number of hydrogen-bond donors (Lipinski definition) is 1. The molecule has 5 heteroatoms. The van der Waals surface area contributed by atoms with E-state index in [1.807, 2.05) is 24.3 Å². The molecule has 1 aliphatic carbocycles. The summed E-state index contributed by atoms with van der Waals surface area (Å²) in [6.45, 7) is 1.46. The summed E-state index contributed by atoms with van der Waals surface area (Å²) >= 11 is 0. The summed E-state index contributed by atoms with van der Waals surface area (Å²) in [5.74, 6) is -0.962. The molecule has 5 nitrogen and oxygen atoms in total. The number of nitrogens with zero attached hydrogens (tertiary/aromatic N) is 1. The molecule has 2 atom stereocenters. The molecule has 0 bridgehead atoms. The summed E-state index contributed by atoms with van der Waals surface area (Å²) in [7, 11) is 0. The predicted molar refractivity (Wildman–Crippen MR) is 66.6 cm³/mol. The summed E-state index contributed by atoms with van der Waals surface area (Å²) < 4.78 is 5.59. The zero-order valence-corrected chi connectivity index (χ0v) is 10.4. The SMILES string of the molecule is O=C(O)C1CC1C(=O)N1CCOc2ccccc2C1. The first-order chi connectivity index (χ1) is 9.16. The van der Waals surface area contributed by atoms with Gasteiger partial charge in [0.15, 0.2) is 0 Å². The number of rotatable bonds is 2. The van der Waals surface area contributed by atoms with Crippen LogP contribution in [-0.4, -0.2) is 35.0 Å². The number of amides is 1. The number of carbonyl (C=O) groups excluding carboxylic acids is 1. The van der Waals surface area contributed by atoms with Gasteiger partial charge in [-0.25, -0.2) is 0 Å². The first-order valence-corrected chi connectivity index (χ1v) is 6.39. The number of carboxylic acids is 1. The molecule has 1 aliphatic heterocycles. The van der Waals surface area contributed by atoms with Gasteiger partial charge in [-0.1, -0.05) is 18.2 Å². The van der Waals surface area contributed by atoms with Crippen LogP contribution < -0.4 is 4.74 Å². The number of para-hydroxylation sites is 1. The maximum atomic E-state index is 12.2. The Labute approximate surface area is 110 Å². The quantitative estimate of drug-likeness (QED) is 0.866. The predicted octanol–water partition coefficient (Wildman–Crippen LogP) is 1.13. The van der Waals surface area contributed by atoms with Gasteiger partial charge < -0.3 is 14.7 Å². The van der Waals surface area contributed by atoms with E-state index < -0.39 is 11.9 Å². The Balaban J connectivity index is 1.73. The molecule has 100 valence electrons. The van der Waals surface area contributed by atoms with E-state index in [2.05, 4.69) is 0 Å². The molecule has 0 spiro atoms. The maximum Gasteiger partial charge on any atom is 0.307 e. The second-order valence-corrected chi connectivity index (χ2v) is 5.00. The normalized spacial score (nSPS) is 24.9. The Morgan fingerprint density at radius 3 is 2.79 bits per heavy atom. The summed E-state index contributed by atoms with van der Waals surface area (Å²) in [5.41, 5.74) is 0.973. The van der Waals surface area contributed by atoms with Crippen LogP contribution in [0.25, 0.3) is 0 Å². The number of benzene rings is 1. The van der Waals surface area contributed by atoms with Crippen molar-refractivity contribution in [2.24, 2.45) is 11.8 Å². The van der Waals surface area contributed by atoms with Crippen molar-refractivity contribution in [2.45, 2.75) is 13.0 Å². The van der Waals surface area contributed by atoms with Gasteiger partial charge in [-0.15, -0.1) is 0 Å². The Hall–Kier alpha value is -2.04. The molecule has 0 aromatic heterocycles. The minimum atomic E-state index is -0.871. The lowest BCUT2D eigenvalue weighted by atomic mass is 10.2. The first kappa shape index (κ1) is 12.0. The molecule has 1 amide bonds. The highest BCUT2D eigenvalue weighted by Gasteiger charge is 2.49. The maximum absolute atomic E-state index is 12.2. The van der Waals surface area contributed by atoms with Crippen LogP contribution >= 0.6 is 0 Å². The van der Waals surface area contributed by atoms with Gasteiger partial charge >= 0.3 is 5.97 Å². The summed E-state index contributed by atoms with van der Waals surface area (Å²) in [6.07, 6.45) is 0.465. The molecule has 1 aromatic carbocycles. The van der Waals surface area contributed by atoms with Gasteiger partial charge in [-0.05, 0) is 12.5 Å². The Morgan fingerprint density at radius 2 is 2.05 bits per heavy atom. The number of ether oxygens (including phenoxy) is 1. The molecule has 3 rings (SSSR count). The van der Waals surface area contributed by atoms with E-state index in [0.29, 0.717) is 26.1 Å². The number of carbonyl (C=O) groups is 2. The van der Waals surface area contributed by atoms with Gasteiger partial charge in [0.1, 0.15) is 12.4 Å². The number of carboxylic acid groups (broad SMARTS) is 1. The molecule has 1 aromatic rings. The fraction of sp³-hybridized carbons (Fsp3) is 0.429. The van der Waals surface area contributed by atoms with Crippen LogP contribution in [-0.2, 0) is 16.1 Å². The van der Waals surface area contributed by atoms with E-state index in [1.165, 1.54) is 0 Å². The first-order valence-electron chi connectivity index (χ1n) is 6.39. The van der Waals surface area contributed by atoms with E-state index in [9.17, 15) is 9.59 Å². The molecule has 2 unspecified atom stereocenters. The number of aliphatic carboxylic acids is 1. The lowest BCUT2D eigenvalue weighted by Gasteiger charge is -2.19. The van der Waals surface area contributed by atoms with Crippen molar-refractivity contribution in [3.63, 3.8) is 0 Å². The Kier molecular flexibility index (Phi) is 2.89. The lowest BCUT2D eigenvalue weighted by molar-refractivity contribution is -0.142. The van der Waals surface area contributed by atoms with Crippen molar-refractivity contribution >= 4 is 11.9 Å². The molecule has 1 heterocycles. The second kappa shape index (κ2) is 4.57. The topological polar surface area (TPSA) is 66.8 Å². The molecule has 19 heavy (non-hydrogen) atoms. The molecule has 0 saturated heterocycles. The van der Waals surface area contributed by atoms with Crippen LogP contribution in [0.4, 0.5) is 0 Å². The second-order valence-electron chi connectivity index (χ2n) is 5.00. The van der Waals surface area contributed by atoms with E-state index in [0.717, 1.165) is 11.3 Å². The van der Waals surface area contributed by atoms with Crippen LogP contribution in [0.2, 0.25) is 0 Å². The van der Waals surface area contributed by atoms with E-state index in [4.69, 9.17) is 9.84 Å². The molecule has 1 saturated carbocycles. The zero-order chi connectivity index (χ0) is 13.4. The molecule has 1 N–H and O–H groups in total. The lowest BCUT2D eigenvalue weighted by Crippen LogP contribution is -2.34. The van der Waals surface area contributed by atoms with Crippen LogP contribution in [0, 0.1) is 11.8 Å². The minimum Gasteiger partial charge on any atom is -0.491 e. The van der Waals surface area contributed by atoms with Crippen molar-refractivity contribution in [1.82, 2.24) is 4.90 Å². The van der Waals surface area contributed by atoms with Crippen LogP contribution in [0.3, 0.4) is 0 Å². The summed E-state index contributed by atoms with van der Waals surface area (Å²) in [4.78, 5) is 24.8. The van der Waals surface area contributed by atoms with E-state index in [-0.39, 0.29) is 11.8 Å². The summed E-state index contributed by atoms with van der Waals surface area (Å²) in [5, 5.41) is 8.89. The van der Waals surface area contributed by atoms with Crippen LogP contribution in [0.15, 0.2) is 24.3 Å². The zero-order valence-electron chi connectivity index (χ0n) is 10.4. The highest BCUT2D eigenvalue weighted by atomic mass is 16.5. The van der Waals surface area contributed by atoms with Crippen molar-refractivity contribution in [2.75, 3.05) is 13.2 Å². The van der Waals surface area contributed by atoms with Crippen molar-refractivity contribution in [3.05, 3.63) is 29.8 Å². The van der Waals surface area contributed by atoms with Gasteiger partial charge in [0.2, 0.25) is 5.91 Å². The third kappa shape index (κ3) is 2.28. The Bertz CT molecular complexity index is 528. The van der Waals surface area contributed by atoms with Crippen LogP contribution in [0.5, 0.6) is 5.75 Å². The van der Waals surface area contributed by atoms with E-state index in [1.54, 1.807) is 4.90 Å². The molecule has 1 fully saturated rings. The molecular formula is C14H15NO4. The standard InChI is InChI=1S/C14H15NO4/c16-13(10-7-11(10)14(17)18)15-5-6-19-12-4-2-1-3-9(12)8-15/h1-4,10-11H,5-8H2,(H,17,18). The molecular weight excluding hydrogens is 246 g/mol. The number of fused-ring (bicyclic) bond motifs is 1. The molecule has 2 aliphatic rings. The molecule has 0 radical (unpaired) electrons. The van der Waals surface area contributed by atoms with Gasteiger partial charge in [0, 0.05) is 12.1 Å². The van der Waals surface area contributed by atoms with Gasteiger partial charge in [0.25, 0.3) is 0 Å². The Morgan fingerprint density at radius 1 is 1.26 bits per heavy atom. The van der Waals surface area contributed by atoms with Gasteiger partial charge in [0.05, 0.1) is 18.4 Å². The van der Waals surface area contributed by atoms with Gasteiger partial charge in [-0.3, -0.25) is 9.59 Å². The van der Waals surface area contributed by atoms with Crippen molar-refractivity contribution < 1.29 is 19.4 Å². The average molecular weight is 261 g/mol. The highest BCUT2D eigenvalue weighted by molar-refractivity contribution is 5.89. The third-order valence-electron chi connectivity index (χ3n) is 3.69. The smallest absolute Gasteiger partial charge is 0.307 e. The van der Waals surface area contributed by atoms with Gasteiger partial charge in [-0.2, -0.15) is 0 Å². The van der Waals surface area contributed by atoms with Crippen molar-refractivity contribution in [1.29, 1.82) is 0 Å². The third-order valence-corrected chi connectivity index (χ3v) is 3.69. The average Bonchev–Trinajstić information content (AvgIpc) is 3.20. The fourth-order valence-electron chi connectivity index (χ4n) is 2.49. The van der Waals surface area contributed by atoms with Crippen LogP contribution in [0.1, 0.15) is 12.0 Å². The van der Waals surface area contributed by atoms with Crippen molar-refractivity contribution in [3.8, 4) is 5.75 Å². The monoisotopic (exact) mass is 261 g/mol. The summed E-state index contributed by atoms with van der Waals surface area (Å²) in [6, 6.07) is 7.63. The fourth-order valence-corrected chi connectivity index (χ4v) is 2.49. The van der Waals surface area contributed by atoms with E-state index >= 15 is 0 Å².